The number of hydrogen-bond acceptors (Lipinski definition) is 0. The molecule has 0 saturated heterocycles. The molecule has 0 radical (unpaired) electrons. The first-order valence-electron chi connectivity index (χ1n) is 5.43. The largest absolute Gasteiger partial charge is 0.0590 e. The van der Waals surface area contributed by atoms with Crippen LogP contribution >= 0.6 is 0 Å². The molecule has 0 bridgehead atoms. The highest BCUT2D eigenvalue weighted by atomic mass is 14.2. The summed E-state index contributed by atoms with van der Waals surface area (Å²) in [4.78, 5) is 0. The Morgan fingerprint density at radius 3 is 2.07 bits per heavy atom. The van der Waals surface area contributed by atoms with Gasteiger partial charge in [0.15, 0.2) is 0 Å². The minimum atomic E-state index is 0.257. The van der Waals surface area contributed by atoms with E-state index < -0.39 is 0 Å². The van der Waals surface area contributed by atoms with Crippen molar-refractivity contribution in [1.29, 1.82) is 0 Å². The molecule has 0 amide bonds. The molecular weight excluding hydrogens is 168 g/mol. The molecule has 1 aromatic rings. The van der Waals surface area contributed by atoms with Gasteiger partial charge in [0.05, 0.1) is 0 Å². The van der Waals surface area contributed by atoms with E-state index >= 15 is 0 Å². The smallest absolute Gasteiger partial charge is 0.0129 e. The van der Waals surface area contributed by atoms with E-state index in [1.807, 2.05) is 0 Å². The van der Waals surface area contributed by atoms with Gasteiger partial charge in [-0.2, -0.15) is 0 Å². The van der Waals surface area contributed by atoms with E-state index in [0.29, 0.717) is 5.92 Å². The van der Waals surface area contributed by atoms with Crippen molar-refractivity contribution < 1.29 is 0 Å². The van der Waals surface area contributed by atoms with Crippen molar-refractivity contribution in [2.45, 2.75) is 52.9 Å². The van der Waals surface area contributed by atoms with Gasteiger partial charge in [-0.05, 0) is 29.4 Å². The third kappa shape index (κ3) is 2.37. The fourth-order valence-corrected chi connectivity index (χ4v) is 1.84. The quantitative estimate of drug-likeness (QED) is 0.615. The first-order valence-corrected chi connectivity index (χ1v) is 5.43. The molecule has 0 heterocycles. The van der Waals surface area contributed by atoms with E-state index in [4.69, 9.17) is 0 Å². The monoisotopic (exact) mass is 190 g/mol. The van der Waals surface area contributed by atoms with E-state index in [0.717, 1.165) is 0 Å². The van der Waals surface area contributed by atoms with Crippen molar-refractivity contribution in [2.75, 3.05) is 0 Å². The molecule has 0 spiro atoms. The average molecular weight is 190 g/mol. The molecule has 1 aromatic carbocycles. The lowest BCUT2D eigenvalue weighted by Gasteiger charge is -2.25. The van der Waals surface area contributed by atoms with Gasteiger partial charge >= 0.3 is 0 Å². The topological polar surface area (TPSA) is 0 Å². The second-order valence-electron chi connectivity index (χ2n) is 5.50. The molecule has 0 fully saturated rings. The number of hydrogen-bond donors (Lipinski definition) is 0. The van der Waals surface area contributed by atoms with Crippen molar-refractivity contribution in [3.8, 4) is 0 Å². The van der Waals surface area contributed by atoms with Crippen LogP contribution in [0.25, 0.3) is 0 Å². The van der Waals surface area contributed by atoms with Crippen molar-refractivity contribution in [1.82, 2.24) is 0 Å². The summed E-state index contributed by atoms with van der Waals surface area (Å²) in [6.45, 7) is 13.5. The molecule has 0 atom stereocenters. The van der Waals surface area contributed by atoms with E-state index in [1.54, 1.807) is 0 Å². The van der Waals surface area contributed by atoms with Gasteiger partial charge in [-0.25, -0.2) is 0 Å². The summed E-state index contributed by atoms with van der Waals surface area (Å²) in [5, 5.41) is 0. The second-order valence-corrected chi connectivity index (χ2v) is 5.50. The maximum absolute atomic E-state index is 2.32. The van der Waals surface area contributed by atoms with Crippen molar-refractivity contribution in [3.63, 3.8) is 0 Å². The average Bonchev–Trinajstić information content (AvgIpc) is 2.01. The highest BCUT2D eigenvalue weighted by Gasteiger charge is 2.18. The van der Waals surface area contributed by atoms with E-state index in [2.05, 4.69) is 59.7 Å². The molecule has 0 N–H and O–H groups in total. The van der Waals surface area contributed by atoms with Crippen LogP contribution in [0.3, 0.4) is 0 Å². The normalized spacial score (nSPS) is 12.2. The van der Waals surface area contributed by atoms with Gasteiger partial charge in [-0.3, -0.25) is 0 Å². The summed E-state index contributed by atoms with van der Waals surface area (Å²) in [6, 6.07) is 6.82. The highest BCUT2D eigenvalue weighted by Crippen LogP contribution is 2.30. The predicted molar refractivity (Wildman–Crippen MR) is 64.0 cm³/mol. The Labute approximate surface area is 88.4 Å². The number of aryl methyl sites for hydroxylation is 1. The zero-order chi connectivity index (χ0) is 10.9. The third-order valence-corrected chi connectivity index (χ3v) is 2.64. The first-order chi connectivity index (χ1) is 6.32. The predicted octanol–water partition coefficient (Wildman–Crippen LogP) is 4.42. The molecule has 1 rings (SSSR count). The van der Waals surface area contributed by atoms with Crippen LogP contribution in [0.4, 0.5) is 0 Å². The van der Waals surface area contributed by atoms with Crippen LogP contribution < -0.4 is 0 Å². The van der Waals surface area contributed by atoms with Gasteiger partial charge < -0.3 is 0 Å². The molecule has 0 nitrogen and oxygen atoms in total. The van der Waals surface area contributed by atoms with Crippen LogP contribution in [-0.2, 0) is 5.41 Å². The SMILES string of the molecule is Cc1ccc(C(C)(C)C)c(C(C)C)c1. The van der Waals surface area contributed by atoms with Crippen LogP contribution in [0.5, 0.6) is 0 Å². The maximum atomic E-state index is 2.32. The summed E-state index contributed by atoms with van der Waals surface area (Å²) in [5.74, 6) is 0.615. The van der Waals surface area contributed by atoms with Gasteiger partial charge in [0.25, 0.3) is 0 Å². The van der Waals surface area contributed by atoms with Crippen molar-refractivity contribution in [2.24, 2.45) is 0 Å². The lowest BCUT2D eigenvalue weighted by molar-refractivity contribution is 0.577. The Kier molecular flexibility index (Phi) is 3.04. The van der Waals surface area contributed by atoms with Crippen LogP contribution in [0.2, 0.25) is 0 Å². The van der Waals surface area contributed by atoms with Gasteiger partial charge in [0.2, 0.25) is 0 Å². The minimum Gasteiger partial charge on any atom is -0.0590 e. The van der Waals surface area contributed by atoms with Gasteiger partial charge in [0.1, 0.15) is 0 Å². The zero-order valence-corrected chi connectivity index (χ0v) is 10.3. The zero-order valence-electron chi connectivity index (χ0n) is 10.3. The maximum Gasteiger partial charge on any atom is -0.0129 e. The Balaban J connectivity index is 3.29. The Morgan fingerprint density at radius 2 is 1.64 bits per heavy atom. The van der Waals surface area contributed by atoms with Crippen LogP contribution in [-0.4, -0.2) is 0 Å². The molecule has 0 aliphatic rings. The van der Waals surface area contributed by atoms with Gasteiger partial charge in [-0.15, -0.1) is 0 Å². The van der Waals surface area contributed by atoms with E-state index in [1.165, 1.54) is 16.7 Å². The van der Waals surface area contributed by atoms with E-state index in [-0.39, 0.29) is 5.41 Å². The van der Waals surface area contributed by atoms with E-state index in [9.17, 15) is 0 Å². The molecule has 0 aliphatic heterocycles. The van der Waals surface area contributed by atoms with Crippen LogP contribution in [0.15, 0.2) is 18.2 Å². The summed E-state index contributed by atoms with van der Waals surface area (Å²) in [5.41, 5.74) is 4.60. The first kappa shape index (κ1) is 11.3. The fraction of sp³-hybridized carbons (Fsp3) is 0.571. The Bertz CT molecular complexity index is 313. The molecule has 14 heavy (non-hydrogen) atoms. The lowest BCUT2D eigenvalue weighted by Crippen LogP contribution is -2.15. The van der Waals surface area contributed by atoms with Crippen LogP contribution in [0.1, 0.15) is 57.2 Å². The molecule has 0 aromatic heterocycles. The number of rotatable bonds is 1. The van der Waals surface area contributed by atoms with Crippen molar-refractivity contribution in [3.05, 3.63) is 34.9 Å². The summed E-state index contributed by atoms with van der Waals surface area (Å²) in [6.07, 6.45) is 0. The molecule has 78 valence electrons. The summed E-state index contributed by atoms with van der Waals surface area (Å²) >= 11 is 0. The second kappa shape index (κ2) is 3.76. The molecule has 0 saturated carbocycles. The fourth-order valence-electron chi connectivity index (χ4n) is 1.84. The highest BCUT2D eigenvalue weighted by molar-refractivity contribution is 5.37. The lowest BCUT2D eigenvalue weighted by atomic mass is 9.80. The Morgan fingerprint density at radius 1 is 1.07 bits per heavy atom. The van der Waals surface area contributed by atoms with Crippen molar-refractivity contribution >= 4 is 0 Å². The molecule has 0 unspecified atom stereocenters. The van der Waals surface area contributed by atoms with Gasteiger partial charge in [0, 0.05) is 0 Å². The summed E-state index contributed by atoms with van der Waals surface area (Å²) < 4.78 is 0. The van der Waals surface area contributed by atoms with Crippen LogP contribution in [0, 0.1) is 6.92 Å². The standard InChI is InChI=1S/C14H22/c1-10(2)12-9-11(3)7-8-13(12)14(4,5)6/h7-10H,1-6H3. The molecule has 0 aliphatic carbocycles. The Hall–Kier alpha value is -0.780. The molecular formula is C14H22. The molecule has 0 heteroatoms. The summed E-state index contributed by atoms with van der Waals surface area (Å²) in [7, 11) is 0. The number of benzene rings is 1. The van der Waals surface area contributed by atoms with Gasteiger partial charge in [-0.1, -0.05) is 58.4 Å². The minimum absolute atomic E-state index is 0.257. The third-order valence-electron chi connectivity index (χ3n) is 2.64.